The van der Waals surface area contributed by atoms with Gasteiger partial charge in [0.15, 0.2) is 0 Å². The second kappa shape index (κ2) is 3.73. The molecule has 0 aliphatic carbocycles. The molecule has 0 spiro atoms. The number of carbonyl (C=O) groups is 1. The van der Waals surface area contributed by atoms with Crippen LogP contribution in [0, 0.1) is 0 Å². The number of nitrogens with two attached hydrogens (primary N) is 1. The molecule has 0 saturated carbocycles. The van der Waals surface area contributed by atoms with E-state index in [1.807, 2.05) is 11.4 Å². The summed E-state index contributed by atoms with van der Waals surface area (Å²) in [6, 6.07) is 1.88. The molecule has 0 saturated heterocycles. The van der Waals surface area contributed by atoms with Gasteiger partial charge in [0.2, 0.25) is 0 Å². The summed E-state index contributed by atoms with van der Waals surface area (Å²) in [5, 5.41) is 1.92. The van der Waals surface area contributed by atoms with Crippen LogP contribution in [-0.2, 0) is 11.3 Å². The Bertz CT molecular complexity index is 261. The van der Waals surface area contributed by atoms with Crippen molar-refractivity contribution in [2.24, 2.45) is 5.73 Å². The number of ether oxygens (including phenoxy) is 1. The fourth-order valence-electron chi connectivity index (χ4n) is 0.572. The fourth-order valence-corrected chi connectivity index (χ4v) is 1.93. The van der Waals surface area contributed by atoms with Crippen molar-refractivity contribution in [2.75, 3.05) is 0 Å². The van der Waals surface area contributed by atoms with Gasteiger partial charge in [0, 0.05) is 14.7 Å². The van der Waals surface area contributed by atoms with Crippen LogP contribution >= 0.6 is 27.3 Å². The van der Waals surface area contributed by atoms with Gasteiger partial charge in [0.05, 0.1) is 0 Å². The molecule has 1 rings (SSSR count). The number of rotatable bonds is 2. The van der Waals surface area contributed by atoms with E-state index in [2.05, 4.69) is 20.7 Å². The second-order valence-electron chi connectivity index (χ2n) is 1.84. The molecule has 0 fully saturated rings. The van der Waals surface area contributed by atoms with E-state index < -0.39 is 6.09 Å². The average Bonchev–Trinajstić information content (AvgIpc) is 2.31. The van der Waals surface area contributed by atoms with E-state index in [9.17, 15) is 4.79 Å². The maximum absolute atomic E-state index is 10.2. The Labute approximate surface area is 76.3 Å². The number of primary amides is 1. The zero-order chi connectivity index (χ0) is 8.27. The van der Waals surface area contributed by atoms with Gasteiger partial charge in [0.25, 0.3) is 0 Å². The Morgan fingerprint density at radius 3 is 3.00 bits per heavy atom. The SMILES string of the molecule is NC(=O)OCc1cc(Br)cs1. The molecule has 1 aromatic heterocycles. The molecule has 60 valence electrons. The smallest absolute Gasteiger partial charge is 0.404 e. The lowest BCUT2D eigenvalue weighted by Crippen LogP contribution is -2.12. The van der Waals surface area contributed by atoms with Crippen LogP contribution in [0.25, 0.3) is 0 Å². The van der Waals surface area contributed by atoms with Crippen LogP contribution in [0.5, 0.6) is 0 Å². The van der Waals surface area contributed by atoms with Gasteiger partial charge in [-0.15, -0.1) is 11.3 Å². The number of hydrogen-bond donors (Lipinski definition) is 1. The van der Waals surface area contributed by atoms with Crippen molar-refractivity contribution in [3.63, 3.8) is 0 Å². The topological polar surface area (TPSA) is 52.3 Å². The van der Waals surface area contributed by atoms with Gasteiger partial charge in [-0.1, -0.05) is 0 Å². The van der Waals surface area contributed by atoms with Crippen LogP contribution in [0.15, 0.2) is 15.9 Å². The lowest BCUT2D eigenvalue weighted by molar-refractivity contribution is 0.151. The van der Waals surface area contributed by atoms with Gasteiger partial charge in [-0.05, 0) is 22.0 Å². The molecule has 2 N–H and O–H groups in total. The molecule has 0 aromatic carbocycles. The molecule has 0 aliphatic heterocycles. The van der Waals surface area contributed by atoms with Crippen molar-refractivity contribution < 1.29 is 9.53 Å². The van der Waals surface area contributed by atoms with Crippen molar-refractivity contribution in [1.29, 1.82) is 0 Å². The number of carbonyl (C=O) groups excluding carboxylic acids is 1. The second-order valence-corrected chi connectivity index (χ2v) is 3.75. The summed E-state index contributed by atoms with van der Waals surface area (Å²) in [6.45, 7) is 0.256. The Morgan fingerprint density at radius 1 is 1.82 bits per heavy atom. The van der Waals surface area contributed by atoms with Crippen molar-refractivity contribution in [3.05, 3.63) is 20.8 Å². The molecule has 5 heteroatoms. The van der Waals surface area contributed by atoms with Gasteiger partial charge in [-0.2, -0.15) is 0 Å². The molecule has 11 heavy (non-hydrogen) atoms. The maximum atomic E-state index is 10.2. The number of halogens is 1. The molecule has 1 amide bonds. The normalized spacial score (nSPS) is 9.55. The predicted octanol–water partition coefficient (Wildman–Crippen LogP) is 2.11. The molecule has 0 radical (unpaired) electrons. The first kappa shape index (κ1) is 8.55. The lowest BCUT2D eigenvalue weighted by Gasteiger charge is -1.95. The monoisotopic (exact) mass is 235 g/mol. The summed E-state index contributed by atoms with van der Waals surface area (Å²) in [5.41, 5.74) is 4.78. The van der Waals surface area contributed by atoms with Gasteiger partial charge in [0.1, 0.15) is 6.61 Å². The van der Waals surface area contributed by atoms with E-state index in [4.69, 9.17) is 5.73 Å². The Morgan fingerprint density at radius 2 is 2.55 bits per heavy atom. The zero-order valence-corrected chi connectivity index (χ0v) is 7.94. The number of thiophene rings is 1. The molecule has 0 aliphatic rings. The van der Waals surface area contributed by atoms with E-state index in [1.165, 1.54) is 11.3 Å². The lowest BCUT2D eigenvalue weighted by atomic mass is 10.5. The summed E-state index contributed by atoms with van der Waals surface area (Å²) in [4.78, 5) is 11.1. The van der Waals surface area contributed by atoms with Crippen LogP contribution in [0.3, 0.4) is 0 Å². The summed E-state index contributed by atoms with van der Waals surface area (Å²) in [7, 11) is 0. The van der Waals surface area contributed by atoms with Crippen LogP contribution in [0.2, 0.25) is 0 Å². The number of hydrogen-bond acceptors (Lipinski definition) is 3. The molecule has 3 nitrogen and oxygen atoms in total. The zero-order valence-electron chi connectivity index (χ0n) is 5.54. The summed E-state index contributed by atoms with van der Waals surface area (Å²) in [6.07, 6.45) is -0.741. The number of amides is 1. The standard InChI is InChI=1S/C6H6BrNO2S/c7-4-1-5(11-3-4)2-10-6(8)9/h1,3H,2H2,(H2,8,9). The molecular weight excluding hydrogens is 230 g/mol. The average molecular weight is 236 g/mol. The minimum Gasteiger partial charge on any atom is -0.444 e. The van der Waals surface area contributed by atoms with Gasteiger partial charge >= 0.3 is 6.09 Å². The Balaban J connectivity index is 2.45. The summed E-state index contributed by atoms with van der Waals surface area (Å²) < 4.78 is 5.56. The first-order chi connectivity index (χ1) is 5.18. The van der Waals surface area contributed by atoms with E-state index in [1.54, 1.807) is 0 Å². The molecule has 0 unspecified atom stereocenters. The van der Waals surface area contributed by atoms with E-state index in [-0.39, 0.29) is 6.61 Å². The Hall–Kier alpha value is -0.550. The molecule has 0 atom stereocenters. The van der Waals surface area contributed by atoms with Crippen LogP contribution < -0.4 is 5.73 Å². The van der Waals surface area contributed by atoms with Crippen molar-refractivity contribution in [3.8, 4) is 0 Å². The van der Waals surface area contributed by atoms with Crippen LogP contribution in [0.4, 0.5) is 4.79 Å². The van der Waals surface area contributed by atoms with Gasteiger partial charge in [-0.25, -0.2) is 4.79 Å². The third-order valence-electron chi connectivity index (χ3n) is 0.978. The largest absolute Gasteiger partial charge is 0.444 e. The van der Waals surface area contributed by atoms with Gasteiger partial charge < -0.3 is 10.5 Å². The van der Waals surface area contributed by atoms with Gasteiger partial charge in [-0.3, -0.25) is 0 Å². The van der Waals surface area contributed by atoms with E-state index in [0.29, 0.717) is 0 Å². The Kier molecular flexibility index (Phi) is 2.90. The summed E-state index contributed by atoms with van der Waals surface area (Å²) >= 11 is 4.79. The highest BCUT2D eigenvalue weighted by Crippen LogP contribution is 2.20. The van der Waals surface area contributed by atoms with Crippen molar-refractivity contribution in [2.45, 2.75) is 6.61 Å². The minimum atomic E-state index is -0.741. The molecular formula is C6H6BrNO2S. The highest BCUT2D eigenvalue weighted by atomic mass is 79.9. The predicted molar refractivity (Wildman–Crippen MR) is 46.4 cm³/mol. The quantitative estimate of drug-likeness (QED) is 0.854. The minimum absolute atomic E-state index is 0.256. The molecule has 0 bridgehead atoms. The molecule has 1 aromatic rings. The van der Waals surface area contributed by atoms with Crippen LogP contribution in [-0.4, -0.2) is 6.09 Å². The van der Waals surface area contributed by atoms with E-state index >= 15 is 0 Å². The first-order valence-electron chi connectivity index (χ1n) is 2.83. The van der Waals surface area contributed by atoms with Crippen molar-refractivity contribution in [1.82, 2.24) is 0 Å². The third-order valence-corrected chi connectivity index (χ3v) is 2.65. The third kappa shape index (κ3) is 2.90. The molecule has 1 heterocycles. The summed E-state index contributed by atoms with van der Waals surface area (Å²) in [5.74, 6) is 0. The van der Waals surface area contributed by atoms with Crippen molar-refractivity contribution >= 4 is 33.4 Å². The van der Waals surface area contributed by atoms with E-state index in [0.717, 1.165) is 9.35 Å². The van der Waals surface area contributed by atoms with Crippen LogP contribution in [0.1, 0.15) is 4.88 Å². The fraction of sp³-hybridized carbons (Fsp3) is 0.167. The maximum Gasteiger partial charge on any atom is 0.404 e. The highest BCUT2D eigenvalue weighted by molar-refractivity contribution is 9.10. The first-order valence-corrected chi connectivity index (χ1v) is 4.51. The highest BCUT2D eigenvalue weighted by Gasteiger charge is 1.99.